The average molecular weight is 416 g/mol. The Morgan fingerprint density at radius 1 is 1.10 bits per heavy atom. The van der Waals surface area contributed by atoms with Crippen LogP contribution in [0.3, 0.4) is 0 Å². The number of carbonyl (C=O) groups is 3. The van der Waals surface area contributed by atoms with Crippen LogP contribution < -0.4 is 5.32 Å². The van der Waals surface area contributed by atoms with Crippen molar-refractivity contribution in [2.24, 2.45) is 0 Å². The Balaban J connectivity index is 1.58. The van der Waals surface area contributed by atoms with E-state index in [9.17, 15) is 24.6 Å². The fourth-order valence-corrected chi connectivity index (χ4v) is 4.09. The Morgan fingerprint density at radius 3 is 2.55 bits per heavy atom. The van der Waals surface area contributed by atoms with Gasteiger partial charge in [0.25, 0.3) is 5.91 Å². The Morgan fingerprint density at radius 2 is 1.86 bits per heavy atom. The SMILES string of the molecule is O=C(CCc1cccs1)[C@H](O)[C@@H](O)C(=O)N1CCC[C@H]1C(=O)Nc1ccccc1. The summed E-state index contributed by atoms with van der Waals surface area (Å²) in [6.45, 7) is 0.291. The summed E-state index contributed by atoms with van der Waals surface area (Å²) >= 11 is 1.50. The van der Waals surface area contributed by atoms with Crippen molar-refractivity contribution in [2.45, 2.75) is 43.9 Å². The van der Waals surface area contributed by atoms with E-state index in [4.69, 9.17) is 0 Å². The number of hydrogen-bond donors (Lipinski definition) is 3. The van der Waals surface area contributed by atoms with E-state index in [1.165, 1.54) is 16.2 Å². The van der Waals surface area contributed by atoms with Gasteiger partial charge in [-0.3, -0.25) is 14.4 Å². The molecule has 1 aliphatic heterocycles. The molecular formula is C21H24N2O5S. The maximum atomic E-state index is 12.7. The van der Waals surface area contributed by atoms with Crippen molar-refractivity contribution < 1.29 is 24.6 Å². The van der Waals surface area contributed by atoms with Crippen molar-refractivity contribution in [3.05, 3.63) is 52.7 Å². The van der Waals surface area contributed by atoms with Crippen LogP contribution in [-0.4, -0.2) is 57.5 Å². The standard InChI is InChI=1S/C21H24N2O5S/c24-17(11-10-15-8-5-13-29-15)18(25)19(26)21(28)23-12-4-9-16(23)20(27)22-14-6-2-1-3-7-14/h1-3,5-8,13,16,18-19,25-26H,4,9-12H2,(H,22,27)/t16-,18-,19+/m0/s1. The molecule has 1 aromatic heterocycles. The third-order valence-corrected chi connectivity index (χ3v) is 5.90. The second kappa shape index (κ2) is 9.78. The van der Waals surface area contributed by atoms with E-state index in [0.29, 0.717) is 31.5 Å². The van der Waals surface area contributed by atoms with E-state index in [0.717, 1.165) is 4.88 Å². The van der Waals surface area contributed by atoms with Gasteiger partial charge in [-0.15, -0.1) is 11.3 Å². The molecule has 0 saturated carbocycles. The number of anilines is 1. The fraction of sp³-hybridized carbons (Fsp3) is 0.381. The summed E-state index contributed by atoms with van der Waals surface area (Å²) in [7, 11) is 0. The lowest BCUT2D eigenvalue weighted by Crippen LogP contribution is -2.51. The molecule has 0 spiro atoms. The minimum Gasteiger partial charge on any atom is -0.382 e. The number of rotatable bonds is 8. The van der Waals surface area contributed by atoms with Gasteiger partial charge in [-0.2, -0.15) is 0 Å². The van der Waals surface area contributed by atoms with Crippen molar-refractivity contribution >= 4 is 34.6 Å². The summed E-state index contributed by atoms with van der Waals surface area (Å²) in [5.74, 6) is -1.75. The highest BCUT2D eigenvalue weighted by atomic mass is 32.1. The number of amides is 2. The third-order valence-electron chi connectivity index (χ3n) is 4.96. The van der Waals surface area contributed by atoms with Gasteiger partial charge in [0.1, 0.15) is 12.1 Å². The molecule has 7 nitrogen and oxygen atoms in total. The zero-order valence-corrected chi connectivity index (χ0v) is 16.7. The third kappa shape index (κ3) is 5.29. The van der Waals surface area contributed by atoms with Crippen LogP contribution in [0.1, 0.15) is 24.1 Å². The molecule has 0 unspecified atom stereocenters. The number of nitrogens with one attached hydrogen (secondary N) is 1. The quantitative estimate of drug-likeness (QED) is 0.606. The average Bonchev–Trinajstić information content (AvgIpc) is 3.43. The maximum absolute atomic E-state index is 12.7. The smallest absolute Gasteiger partial charge is 0.255 e. The number of para-hydroxylation sites is 1. The highest BCUT2D eigenvalue weighted by Crippen LogP contribution is 2.21. The monoisotopic (exact) mass is 416 g/mol. The van der Waals surface area contributed by atoms with Gasteiger partial charge in [0.05, 0.1) is 0 Å². The van der Waals surface area contributed by atoms with Crippen LogP contribution in [0.15, 0.2) is 47.8 Å². The first-order valence-electron chi connectivity index (χ1n) is 9.55. The highest BCUT2D eigenvalue weighted by molar-refractivity contribution is 7.09. The number of hydrogen-bond acceptors (Lipinski definition) is 6. The molecule has 29 heavy (non-hydrogen) atoms. The van der Waals surface area contributed by atoms with Gasteiger partial charge >= 0.3 is 0 Å². The number of aryl methyl sites for hydroxylation is 1. The number of ketones is 1. The molecular weight excluding hydrogens is 392 g/mol. The molecule has 0 aliphatic carbocycles. The van der Waals surface area contributed by atoms with Crippen molar-refractivity contribution in [3.63, 3.8) is 0 Å². The van der Waals surface area contributed by atoms with E-state index in [1.54, 1.807) is 24.3 Å². The summed E-state index contributed by atoms with van der Waals surface area (Å²) < 4.78 is 0. The molecule has 1 saturated heterocycles. The Labute approximate surface area is 173 Å². The van der Waals surface area contributed by atoms with Crippen LogP contribution in [0.2, 0.25) is 0 Å². The number of aliphatic hydroxyl groups is 2. The summed E-state index contributed by atoms with van der Waals surface area (Å²) in [6.07, 6.45) is -2.14. The molecule has 2 aromatic rings. The van der Waals surface area contributed by atoms with E-state index >= 15 is 0 Å². The molecule has 0 bridgehead atoms. The molecule has 1 fully saturated rings. The zero-order valence-electron chi connectivity index (χ0n) is 15.9. The minimum absolute atomic E-state index is 0.0317. The normalized spacial score (nSPS) is 18.3. The molecule has 3 N–H and O–H groups in total. The number of carbonyl (C=O) groups excluding carboxylic acids is 3. The molecule has 1 aliphatic rings. The molecule has 2 amide bonds. The van der Waals surface area contributed by atoms with Crippen molar-refractivity contribution in [1.82, 2.24) is 4.90 Å². The van der Waals surface area contributed by atoms with E-state index < -0.39 is 29.9 Å². The van der Waals surface area contributed by atoms with Gasteiger partial charge in [0.15, 0.2) is 11.9 Å². The molecule has 3 atom stereocenters. The lowest BCUT2D eigenvalue weighted by atomic mass is 10.0. The summed E-state index contributed by atoms with van der Waals surface area (Å²) in [4.78, 5) is 39.7. The predicted octanol–water partition coefficient (Wildman–Crippen LogP) is 1.60. The van der Waals surface area contributed by atoms with E-state index in [1.807, 2.05) is 23.6 Å². The van der Waals surface area contributed by atoms with E-state index in [-0.39, 0.29) is 12.3 Å². The molecule has 2 heterocycles. The first-order chi connectivity index (χ1) is 14.0. The van der Waals surface area contributed by atoms with Crippen LogP contribution in [0.25, 0.3) is 0 Å². The molecule has 1 aromatic carbocycles. The van der Waals surface area contributed by atoms with Gasteiger partial charge < -0.3 is 20.4 Å². The summed E-state index contributed by atoms with van der Waals surface area (Å²) in [5.41, 5.74) is 0.612. The van der Waals surface area contributed by atoms with Crippen molar-refractivity contribution in [2.75, 3.05) is 11.9 Å². The van der Waals surface area contributed by atoms with Gasteiger partial charge in [-0.05, 0) is 42.8 Å². The van der Waals surface area contributed by atoms with Crippen molar-refractivity contribution in [3.8, 4) is 0 Å². The topological polar surface area (TPSA) is 107 Å². The fourth-order valence-electron chi connectivity index (χ4n) is 3.38. The number of nitrogens with zero attached hydrogens (tertiary/aromatic N) is 1. The van der Waals surface area contributed by atoms with Crippen LogP contribution >= 0.6 is 11.3 Å². The summed E-state index contributed by atoms with van der Waals surface area (Å²) in [6, 6.07) is 11.9. The number of aliphatic hydroxyl groups excluding tert-OH is 2. The number of Topliss-reactive ketones (excluding diaryl/α,β-unsaturated/α-hetero) is 1. The summed E-state index contributed by atoms with van der Waals surface area (Å²) in [5, 5.41) is 25.1. The minimum atomic E-state index is -1.88. The van der Waals surface area contributed by atoms with Crippen LogP contribution in [0.4, 0.5) is 5.69 Å². The van der Waals surface area contributed by atoms with Crippen LogP contribution in [0, 0.1) is 0 Å². The first-order valence-corrected chi connectivity index (χ1v) is 10.4. The van der Waals surface area contributed by atoms with Gasteiger partial charge in [0, 0.05) is 23.5 Å². The lowest BCUT2D eigenvalue weighted by Gasteiger charge is -2.27. The molecule has 8 heteroatoms. The van der Waals surface area contributed by atoms with Gasteiger partial charge in [0.2, 0.25) is 5.91 Å². The first kappa shape index (κ1) is 21.2. The number of likely N-dealkylation sites (tertiary alicyclic amines) is 1. The Kier molecular flexibility index (Phi) is 7.13. The highest BCUT2D eigenvalue weighted by Gasteiger charge is 2.40. The Hall–Kier alpha value is -2.55. The van der Waals surface area contributed by atoms with Gasteiger partial charge in [-0.1, -0.05) is 24.3 Å². The van der Waals surface area contributed by atoms with E-state index in [2.05, 4.69) is 5.32 Å². The number of thiophene rings is 1. The lowest BCUT2D eigenvalue weighted by molar-refractivity contribution is -0.154. The predicted molar refractivity (Wildman–Crippen MR) is 109 cm³/mol. The second-order valence-corrected chi connectivity index (χ2v) is 8.01. The second-order valence-electron chi connectivity index (χ2n) is 6.98. The zero-order chi connectivity index (χ0) is 20.8. The molecule has 0 radical (unpaired) electrons. The van der Waals surface area contributed by atoms with Crippen LogP contribution in [0.5, 0.6) is 0 Å². The maximum Gasteiger partial charge on any atom is 0.255 e. The molecule has 3 rings (SSSR count). The van der Waals surface area contributed by atoms with Gasteiger partial charge in [-0.25, -0.2) is 0 Å². The van der Waals surface area contributed by atoms with Crippen molar-refractivity contribution in [1.29, 1.82) is 0 Å². The van der Waals surface area contributed by atoms with Crippen LogP contribution in [-0.2, 0) is 20.8 Å². The molecule has 154 valence electrons. The largest absolute Gasteiger partial charge is 0.382 e. The number of benzene rings is 1. The Bertz CT molecular complexity index is 840.